The number of likely N-dealkylation sites (tertiary alicyclic amines) is 1. The quantitative estimate of drug-likeness (QED) is 0.926. The summed E-state index contributed by atoms with van der Waals surface area (Å²) in [4.78, 5) is 25.1. The average molecular weight is 291 g/mol. The van der Waals surface area contributed by atoms with E-state index < -0.39 is 5.97 Å². The summed E-state index contributed by atoms with van der Waals surface area (Å²) in [5, 5.41) is 8.91. The summed E-state index contributed by atoms with van der Waals surface area (Å²) in [6, 6.07) is 6.12. The molecule has 21 heavy (non-hydrogen) atoms. The number of rotatable bonds is 4. The van der Waals surface area contributed by atoms with Crippen LogP contribution in [0.3, 0.4) is 0 Å². The Balaban J connectivity index is 1.64. The highest BCUT2D eigenvalue weighted by atomic mass is 19.1. The van der Waals surface area contributed by atoms with Crippen molar-refractivity contribution < 1.29 is 19.1 Å². The molecule has 5 heteroatoms. The van der Waals surface area contributed by atoms with Gasteiger partial charge in [-0.25, -0.2) is 4.39 Å². The van der Waals surface area contributed by atoms with Gasteiger partial charge >= 0.3 is 5.97 Å². The molecule has 2 aliphatic rings. The molecule has 3 atom stereocenters. The van der Waals surface area contributed by atoms with Gasteiger partial charge in [-0.2, -0.15) is 0 Å². The molecule has 112 valence electrons. The lowest BCUT2D eigenvalue weighted by molar-refractivity contribution is -0.140. The minimum Gasteiger partial charge on any atom is -0.481 e. The Morgan fingerprint density at radius 2 is 2.00 bits per heavy atom. The largest absolute Gasteiger partial charge is 0.481 e. The Hall–Kier alpha value is -1.91. The topological polar surface area (TPSA) is 57.6 Å². The monoisotopic (exact) mass is 291 g/mol. The number of carboxylic acid groups (broad SMARTS) is 1. The fourth-order valence-corrected chi connectivity index (χ4v) is 3.30. The molecule has 1 saturated heterocycles. The maximum atomic E-state index is 12.9. The molecule has 0 bridgehead atoms. The molecule has 1 aromatic carbocycles. The first-order chi connectivity index (χ1) is 10.1. The van der Waals surface area contributed by atoms with Crippen molar-refractivity contribution in [3.8, 4) is 0 Å². The first-order valence-corrected chi connectivity index (χ1v) is 7.34. The first-order valence-electron chi connectivity index (χ1n) is 7.34. The van der Waals surface area contributed by atoms with Gasteiger partial charge in [0.25, 0.3) is 0 Å². The normalized spacial score (nSPS) is 27.7. The number of carbonyl (C=O) groups excluding carboxylic acids is 1. The zero-order valence-electron chi connectivity index (χ0n) is 11.7. The fraction of sp³-hybridized carbons (Fsp3) is 0.500. The van der Waals surface area contributed by atoms with Gasteiger partial charge in [0.2, 0.25) is 5.91 Å². The van der Waals surface area contributed by atoms with E-state index in [1.165, 1.54) is 12.1 Å². The summed E-state index contributed by atoms with van der Waals surface area (Å²) >= 11 is 0. The third-order valence-corrected chi connectivity index (χ3v) is 4.48. The molecule has 3 unspecified atom stereocenters. The molecule has 1 amide bonds. The molecule has 1 heterocycles. The average Bonchev–Trinajstić information content (AvgIpc) is 3.11. The summed E-state index contributed by atoms with van der Waals surface area (Å²) in [5.74, 6) is -0.976. The van der Waals surface area contributed by atoms with Gasteiger partial charge in [0.05, 0.1) is 6.42 Å². The van der Waals surface area contributed by atoms with Crippen LogP contribution in [0.2, 0.25) is 0 Å². The van der Waals surface area contributed by atoms with E-state index in [4.69, 9.17) is 5.11 Å². The minimum absolute atomic E-state index is 0.0275. The van der Waals surface area contributed by atoms with Gasteiger partial charge in [-0.15, -0.1) is 0 Å². The van der Waals surface area contributed by atoms with Gasteiger partial charge in [-0.05, 0) is 42.9 Å². The summed E-state index contributed by atoms with van der Waals surface area (Å²) in [6.07, 6.45) is 2.45. The number of amides is 1. The standard InChI is InChI=1S/C16H18FNO3/c17-11-5-3-10(4-6-11)13-9-14(13)16(21)18-7-1-2-12(18)8-15(19)20/h3-6,12-14H,1-2,7-9H2,(H,19,20). The van der Waals surface area contributed by atoms with Crippen LogP contribution >= 0.6 is 0 Å². The van der Waals surface area contributed by atoms with E-state index in [2.05, 4.69) is 0 Å². The van der Waals surface area contributed by atoms with Gasteiger partial charge in [0.15, 0.2) is 0 Å². The summed E-state index contributed by atoms with van der Waals surface area (Å²) in [5.41, 5.74) is 0.990. The minimum atomic E-state index is -0.856. The van der Waals surface area contributed by atoms with Crippen molar-refractivity contribution in [1.82, 2.24) is 4.90 Å². The zero-order valence-corrected chi connectivity index (χ0v) is 11.7. The van der Waals surface area contributed by atoms with Crippen LogP contribution in [0.1, 0.15) is 37.2 Å². The van der Waals surface area contributed by atoms with Crippen molar-refractivity contribution in [3.05, 3.63) is 35.6 Å². The van der Waals surface area contributed by atoms with Gasteiger partial charge < -0.3 is 10.0 Å². The number of halogens is 1. The number of hydrogen-bond donors (Lipinski definition) is 1. The third-order valence-electron chi connectivity index (χ3n) is 4.48. The molecule has 1 N–H and O–H groups in total. The molecule has 1 aromatic rings. The Bertz CT molecular complexity index is 557. The van der Waals surface area contributed by atoms with Crippen molar-refractivity contribution in [3.63, 3.8) is 0 Å². The Kier molecular flexibility index (Phi) is 3.66. The predicted molar refractivity (Wildman–Crippen MR) is 74.2 cm³/mol. The van der Waals surface area contributed by atoms with E-state index in [-0.39, 0.29) is 36.0 Å². The second kappa shape index (κ2) is 5.47. The number of aliphatic carboxylic acids is 1. The molecule has 1 aliphatic carbocycles. The molecule has 3 rings (SSSR count). The number of hydrogen-bond acceptors (Lipinski definition) is 2. The lowest BCUT2D eigenvalue weighted by atomic mass is 10.1. The van der Waals surface area contributed by atoms with E-state index in [1.807, 2.05) is 0 Å². The highest BCUT2D eigenvalue weighted by molar-refractivity contribution is 5.84. The molecule has 2 fully saturated rings. The number of benzene rings is 1. The lowest BCUT2D eigenvalue weighted by Gasteiger charge is -2.23. The SMILES string of the molecule is O=C(O)CC1CCCN1C(=O)C1CC1c1ccc(F)cc1. The van der Waals surface area contributed by atoms with Crippen molar-refractivity contribution in [2.75, 3.05) is 6.54 Å². The van der Waals surface area contributed by atoms with E-state index in [1.54, 1.807) is 17.0 Å². The third kappa shape index (κ3) is 2.91. The van der Waals surface area contributed by atoms with E-state index >= 15 is 0 Å². The Labute approximate surface area is 122 Å². The molecular formula is C16H18FNO3. The van der Waals surface area contributed by atoms with Crippen molar-refractivity contribution in [2.24, 2.45) is 5.92 Å². The molecule has 4 nitrogen and oxygen atoms in total. The van der Waals surface area contributed by atoms with Crippen molar-refractivity contribution in [2.45, 2.75) is 37.6 Å². The van der Waals surface area contributed by atoms with Gasteiger partial charge in [0, 0.05) is 18.5 Å². The maximum absolute atomic E-state index is 12.9. The van der Waals surface area contributed by atoms with E-state index in [0.29, 0.717) is 6.54 Å². The van der Waals surface area contributed by atoms with E-state index in [9.17, 15) is 14.0 Å². The molecular weight excluding hydrogens is 273 g/mol. The number of nitrogens with zero attached hydrogens (tertiary/aromatic N) is 1. The van der Waals surface area contributed by atoms with Gasteiger partial charge in [-0.1, -0.05) is 12.1 Å². The van der Waals surface area contributed by atoms with Crippen molar-refractivity contribution in [1.29, 1.82) is 0 Å². The highest BCUT2D eigenvalue weighted by Crippen LogP contribution is 2.49. The Morgan fingerprint density at radius 1 is 1.29 bits per heavy atom. The van der Waals surface area contributed by atoms with Gasteiger partial charge in [0.1, 0.15) is 5.82 Å². The number of carboxylic acids is 1. The number of carbonyl (C=O) groups is 2. The van der Waals surface area contributed by atoms with Crippen LogP contribution in [0.25, 0.3) is 0 Å². The summed E-state index contributed by atoms with van der Waals surface area (Å²) in [6.45, 7) is 0.656. The van der Waals surface area contributed by atoms with Gasteiger partial charge in [-0.3, -0.25) is 9.59 Å². The summed E-state index contributed by atoms with van der Waals surface area (Å²) < 4.78 is 12.9. The first kappa shape index (κ1) is 14.0. The highest BCUT2D eigenvalue weighted by Gasteiger charge is 2.47. The molecule has 1 saturated carbocycles. The zero-order chi connectivity index (χ0) is 15.0. The van der Waals surface area contributed by atoms with Crippen LogP contribution in [-0.4, -0.2) is 34.5 Å². The van der Waals surface area contributed by atoms with Crippen LogP contribution in [-0.2, 0) is 9.59 Å². The summed E-state index contributed by atoms with van der Waals surface area (Å²) in [7, 11) is 0. The Morgan fingerprint density at radius 3 is 2.67 bits per heavy atom. The van der Waals surface area contributed by atoms with E-state index in [0.717, 1.165) is 24.8 Å². The molecule has 0 radical (unpaired) electrons. The maximum Gasteiger partial charge on any atom is 0.305 e. The van der Waals surface area contributed by atoms with Crippen LogP contribution < -0.4 is 0 Å². The van der Waals surface area contributed by atoms with Crippen LogP contribution in [0.15, 0.2) is 24.3 Å². The van der Waals surface area contributed by atoms with Crippen molar-refractivity contribution >= 4 is 11.9 Å². The molecule has 1 aliphatic heterocycles. The smallest absolute Gasteiger partial charge is 0.305 e. The van der Waals surface area contributed by atoms with Crippen LogP contribution in [0.4, 0.5) is 4.39 Å². The fourth-order valence-electron chi connectivity index (χ4n) is 3.30. The predicted octanol–water partition coefficient (Wildman–Crippen LogP) is 2.39. The molecule has 0 aromatic heterocycles. The van der Waals surface area contributed by atoms with Crippen LogP contribution in [0.5, 0.6) is 0 Å². The van der Waals surface area contributed by atoms with Crippen LogP contribution in [0, 0.1) is 11.7 Å². The lowest BCUT2D eigenvalue weighted by Crippen LogP contribution is -2.38. The molecule has 0 spiro atoms. The second-order valence-electron chi connectivity index (χ2n) is 5.93. The second-order valence-corrected chi connectivity index (χ2v) is 5.93.